The molecule has 1 aromatic rings. The first-order valence-electron chi connectivity index (χ1n) is 8.27. The van der Waals surface area contributed by atoms with Gasteiger partial charge in [-0.05, 0) is 34.2 Å². The number of benzene rings is 1. The van der Waals surface area contributed by atoms with E-state index in [9.17, 15) is 0 Å². The Morgan fingerprint density at radius 2 is 1.52 bits per heavy atom. The van der Waals surface area contributed by atoms with Crippen molar-refractivity contribution in [1.29, 1.82) is 0 Å². The zero-order valence-corrected chi connectivity index (χ0v) is 22.0. The lowest BCUT2D eigenvalue weighted by molar-refractivity contribution is 0.627. The predicted octanol–water partition coefficient (Wildman–Crippen LogP) is -2.06. The summed E-state index contributed by atoms with van der Waals surface area (Å²) in [4.78, 5) is 0. The third-order valence-electron chi connectivity index (χ3n) is 4.09. The summed E-state index contributed by atoms with van der Waals surface area (Å²) >= 11 is 0. The molecule has 6 heteroatoms. The topological polar surface area (TPSA) is 0 Å². The van der Waals surface area contributed by atoms with Gasteiger partial charge in [0.15, 0.2) is 0 Å². The van der Waals surface area contributed by atoms with Gasteiger partial charge in [-0.25, -0.2) is 0 Å². The van der Waals surface area contributed by atoms with E-state index in [1.54, 1.807) is 10.4 Å². The summed E-state index contributed by atoms with van der Waals surface area (Å²) in [6.07, 6.45) is 12.0. The van der Waals surface area contributed by atoms with Crippen LogP contribution in [0.1, 0.15) is 13.8 Å². The molecule has 0 radical (unpaired) electrons. The molecule has 0 saturated heterocycles. The number of rotatable bonds is 7. The summed E-state index contributed by atoms with van der Waals surface area (Å²) in [5.74, 6) is 0. The van der Waals surface area contributed by atoms with E-state index in [-0.39, 0.29) is 23.5 Å². The molecule has 0 saturated carbocycles. The summed E-state index contributed by atoms with van der Waals surface area (Å²) in [5, 5.41) is 3.51. The molecule has 0 unspecified atom stereocenters. The van der Waals surface area contributed by atoms with Crippen molar-refractivity contribution in [3.63, 3.8) is 0 Å². The summed E-state index contributed by atoms with van der Waals surface area (Å²) in [5.41, 5.74) is 0.272. The summed E-state index contributed by atoms with van der Waals surface area (Å²) in [7, 11) is 2.50. The highest BCUT2D eigenvalue weighted by atomic mass is 29.9. The monoisotopic (exact) mass is 376 g/mol. The van der Waals surface area contributed by atoms with E-state index in [1.807, 2.05) is 0 Å². The molecule has 0 nitrogen and oxygen atoms in total. The fourth-order valence-electron chi connectivity index (χ4n) is 2.68. The van der Waals surface area contributed by atoms with Gasteiger partial charge in [-0.15, -0.1) is 0 Å². The highest BCUT2D eigenvalue weighted by Crippen LogP contribution is 2.22. The first kappa shape index (κ1) is 17.1. The summed E-state index contributed by atoms with van der Waals surface area (Å²) in [6, 6.07) is 11.4. The lowest BCUT2D eigenvalue weighted by atomic mass is 9.93. The van der Waals surface area contributed by atoms with Crippen LogP contribution in [-0.4, -0.2) is 52.3 Å². The number of hydrogen-bond acceptors (Lipinski definition) is 0. The molecule has 21 heavy (non-hydrogen) atoms. The molecule has 1 aromatic carbocycles. The third kappa shape index (κ3) is 7.02. The fourth-order valence-corrected chi connectivity index (χ4v) is 122. The molecule has 1 aliphatic carbocycles. The molecule has 112 valence electrons. The van der Waals surface area contributed by atoms with Crippen molar-refractivity contribution in [3.05, 3.63) is 65.9 Å². The Morgan fingerprint density at radius 3 is 2.29 bits per heavy atom. The van der Waals surface area contributed by atoms with Gasteiger partial charge in [0.1, 0.15) is 0 Å². The van der Waals surface area contributed by atoms with Crippen LogP contribution in [0.5, 0.6) is 0 Å². The molecule has 0 atom stereocenters. The van der Waals surface area contributed by atoms with Gasteiger partial charge < -0.3 is 0 Å². The van der Waals surface area contributed by atoms with Crippen molar-refractivity contribution < 1.29 is 0 Å². The Hall–Kier alpha value is -0.259. The lowest BCUT2D eigenvalue weighted by Gasteiger charge is -2.12. The van der Waals surface area contributed by atoms with Crippen LogP contribution >= 0.6 is 0 Å². The lowest BCUT2D eigenvalue weighted by Crippen LogP contribution is -2.31. The molecule has 0 spiro atoms. The Balaban J connectivity index is 1.60. The van der Waals surface area contributed by atoms with Crippen LogP contribution in [0.2, 0.25) is 0 Å². The highest BCUT2D eigenvalue weighted by molar-refractivity contribution is 7.60. The van der Waals surface area contributed by atoms with Crippen molar-refractivity contribution in [2.24, 2.45) is 5.41 Å². The van der Waals surface area contributed by atoms with Gasteiger partial charge in [-0.1, -0.05) is 84.9 Å². The normalized spacial score (nSPS) is 20.0. The van der Waals surface area contributed by atoms with E-state index in [1.165, 1.54) is 0 Å². The standard InChI is InChI=1S/C15H28Si6/c1-15(2)11-6-9-14(10-12-15)17-19-21-20-18-16-13-7-4-3-5-8-13/h3-12H,16-21H2,1-2H3. The quantitative estimate of drug-likeness (QED) is 0.379. The molecular formula is C15H28Si6. The van der Waals surface area contributed by atoms with Crippen molar-refractivity contribution >= 4 is 57.5 Å². The smallest absolute Gasteiger partial charge is 0.0389 e. The maximum Gasteiger partial charge on any atom is 0.0389 e. The van der Waals surface area contributed by atoms with Gasteiger partial charge in [0, 0.05) is 23.5 Å². The average Bonchev–Trinajstić information content (AvgIpc) is 2.65. The Morgan fingerprint density at radius 1 is 0.810 bits per heavy atom. The first-order valence-corrected chi connectivity index (χ1v) is 29.7. The minimum atomic E-state index is 0.200. The summed E-state index contributed by atoms with van der Waals surface area (Å²) < 4.78 is 0. The highest BCUT2D eigenvalue weighted by Gasteiger charge is 2.10. The fraction of sp³-hybridized carbons (Fsp3) is 0.200. The number of hydrogen-bond donors (Lipinski definition) is 0. The van der Waals surface area contributed by atoms with Crippen molar-refractivity contribution in [2.75, 3.05) is 0 Å². The van der Waals surface area contributed by atoms with Gasteiger partial charge in [0.2, 0.25) is 0 Å². The molecule has 0 fully saturated rings. The van der Waals surface area contributed by atoms with E-state index in [0.29, 0.717) is 34.2 Å². The van der Waals surface area contributed by atoms with E-state index in [2.05, 4.69) is 74.6 Å². The van der Waals surface area contributed by atoms with Crippen molar-refractivity contribution in [3.8, 4) is 0 Å². The van der Waals surface area contributed by atoms with Crippen molar-refractivity contribution in [2.45, 2.75) is 13.8 Å². The van der Waals surface area contributed by atoms with E-state index in [0.717, 1.165) is 0 Å². The molecule has 0 N–H and O–H groups in total. The predicted molar refractivity (Wildman–Crippen MR) is 117 cm³/mol. The summed E-state index contributed by atoms with van der Waals surface area (Å²) in [6.45, 7) is 4.61. The minimum Gasteiger partial charge on any atom is -0.0752 e. The Labute approximate surface area is 142 Å². The van der Waals surface area contributed by atoms with E-state index in [4.69, 9.17) is 0 Å². The van der Waals surface area contributed by atoms with Crippen LogP contribution in [0.4, 0.5) is 0 Å². The Kier molecular flexibility index (Phi) is 7.34. The molecular weight excluding hydrogens is 349 g/mol. The third-order valence-corrected chi connectivity index (χ3v) is 78.8. The van der Waals surface area contributed by atoms with Gasteiger partial charge in [0.05, 0.1) is 0 Å². The molecule has 1 aliphatic rings. The van der Waals surface area contributed by atoms with Crippen LogP contribution in [0.15, 0.2) is 65.9 Å². The van der Waals surface area contributed by atoms with E-state index >= 15 is 0 Å². The molecule has 0 bridgehead atoms. The number of allylic oxidation sites excluding steroid dienone is 6. The molecule has 0 aromatic heterocycles. The van der Waals surface area contributed by atoms with Gasteiger partial charge in [-0.3, -0.25) is 0 Å². The maximum absolute atomic E-state index is 2.46. The molecule has 0 heterocycles. The average molecular weight is 377 g/mol. The SMILES string of the molecule is CC1(C)C=CC=C([SiH2][SiH2][SiH2][SiH2][SiH2][SiH2]c2ccccc2)C=C1. The molecule has 0 aliphatic heterocycles. The molecule has 2 rings (SSSR count). The van der Waals surface area contributed by atoms with Gasteiger partial charge >= 0.3 is 0 Å². The zero-order chi connectivity index (χ0) is 15.0. The second-order valence-electron chi connectivity index (χ2n) is 6.66. The molecule has 0 amide bonds. The maximum atomic E-state index is 2.46. The zero-order valence-electron chi connectivity index (χ0n) is 13.5. The second kappa shape index (κ2) is 9.01. The largest absolute Gasteiger partial charge is 0.0752 e. The second-order valence-corrected chi connectivity index (χ2v) is 49.1. The minimum absolute atomic E-state index is 0.200. The van der Waals surface area contributed by atoms with E-state index < -0.39 is 0 Å². The van der Waals surface area contributed by atoms with Crippen LogP contribution in [0.3, 0.4) is 0 Å². The van der Waals surface area contributed by atoms with Crippen LogP contribution in [-0.2, 0) is 0 Å². The van der Waals surface area contributed by atoms with Gasteiger partial charge in [0.25, 0.3) is 0 Å². The van der Waals surface area contributed by atoms with Crippen LogP contribution in [0, 0.1) is 5.41 Å². The first-order chi connectivity index (χ1) is 10.2. The van der Waals surface area contributed by atoms with Crippen LogP contribution < -0.4 is 5.19 Å². The van der Waals surface area contributed by atoms with Crippen LogP contribution in [0.25, 0.3) is 0 Å². The Bertz CT molecular complexity index is 518. The van der Waals surface area contributed by atoms with Gasteiger partial charge in [-0.2, -0.15) is 0 Å². The van der Waals surface area contributed by atoms with Crippen molar-refractivity contribution in [1.82, 2.24) is 0 Å².